The van der Waals surface area contributed by atoms with E-state index in [-0.39, 0.29) is 23.1 Å². The predicted molar refractivity (Wildman–Crippen MR) is 111 cm³/mol. The number of carbonyl (C=O) groups excluding carboxylic acids is 1. The number of aromatic nitrogens is 3. The van der Waals surface area contributed by atoms with Gasteiger partial charge >= 0.3 is 0 Å². The molecule has 3 rings (SSSR count). The second-order valence-corrected chi connectivity index (χ2v) is 6.89. The van der Waals surface area contributed by atoms with Crippen LogP contribution in [-0.4, -0.2) is 45.5 Å². The molecule has 0 aliphatic heterocycles. The Morgan fingerprint density at radius 2 is 2.00 bits per heavy atom. The minimum Gasteiger partial charge on any atom is -0.495 e. The van der Waals surface area contributed by atoms with Gasteiger partial charge in [-0.25, -0.2) is 0 Å². The van der Waals surface area contributed by atoms with E-state index in [0.717, 1.165) is 5.69 Å². The Balaban J connectivity index is 1.95. The van der Waals surface area contributed by atoms with Gasteiger partial charge in [0, 0.05) is 44.3 Å². The standard InChI is InChI=1S/C22H24N4O3/c1-15-9-12-26(18-7-5-6-8-19(18)29-4)22(28)20(15)21(27)25(3)16(2)13-17-14-23-10-11-24-17/h5-12,14,16H,13H2,1-4H3. The number of likely N-dealkylation sites (N-methyl/N-ethyl adjacent to an activating group) is 1. The summed E-state index contributed by atoms with van der Waals surface area (Å²) in [6.07, 6.45) is 7.11. The maximum Gasteiger partial charge on any atom is 0.268 e. The van der Waals surface area contributed by atoms with Crippen molar-refractivity contribution in [2.75, 3.05) is 14.2 Å². The monoisotopic (exact) mass is 392 g/mol. The van der Waals surface area contributed by atoms with Crippen LogP contribution in [0.2, 0.25) is 0 Å². The van der Waals surface area contributed by atoms with Gasteiger partial charge in [0.1, 0.15) is 11.3 Å². The third-order valence-corrected chi connectivity index (χ3v) is 4.96. The van der Waals surface area contributed by atoms with Crippen molar-refractivity contribution in [3.63, 3.8) is 0 Å². The van der Waals surface area contributed by atoms with E-state index in [0.29, 0.717) is 23.4 Å². The van der Waals surface area contributed by atoms with E-state index < -0.39 is 0 Å². The highest BCUT2D eigenvalue weighted by Crippen LogP contribution is 2.21. The molecule has 0 aliphatic rings. The molecule has 2 aromatic heterocycles. The number of aryl methyl sites for hydroxylation is 1. The number of benzene rings is 1. The lowest BCUT2D eigenvalue weighted by molar-refractivity contribution is 0.0740. The third kappa shape index (κ3) is 4.18. The highest BCUT2D eigenvalue weighted by Gasteiger charge is 2.24. The average molecular weight is 392 g/mol. The van der Waals surface area contributed by atoms with Crippen LogP contribution >= 0.6 is 0 Å². The van der Waals surface area contributed by atoms with Gasteiger partial charge in [-0.15, -0.1) is 0 Å². The zero-order valence-electron chi connectivity index (χ0n) is 17.0. The van der Waals surface area contributed by atoms with Crippen molar-refractivity contribution < 1.29 is 9.53 Å². The molecule has 7 heteroatoms. The van der Waals surface area contributed by atoms with Crippen molar-refractivity contribution >= 4 is 5.91 Å². The lowest BCUT2D eigenvalue weighted by Gasteiger charge is -2.25. The fourth-order valence-electron chi connectivity index (χ4n) is 3.16. The van der Waals surface area contributed by atoms with Gasteiger partial charge in [0.15, 0.2) is 0 Å². The van der Waals surface area contributed by atoms with Gasteiger partial charge in [-0.2, -0.15) is 0 Å². The van der Waals surface area contributed by atoms with Crippen LogP contribution in [0, 0.1) is 6.92 Å². The first-order valence-electron chi connectivity index (χ1n) is 9.31. The summed E-state index contributed by atoms with van der Waals surface area (Å²) >= 11 is 0. The Morgan fingerprint density at radius 1 is 1.24 bits per heavy atom. The first-order valence-corrected chi connectivity index (χ1v) is 9.31. The van der Waals surface area contributed by atoms with Crippen LogP contribution in [0.5, 0.6) is 5.75 Å². The number of hydrogen-bond donors (Lipinski definition) is 0. The smallest absolute Gasteiger partial charge is 0.268 e. The van der Waals surface area contributed by atoms with E-state index in [1.165, 1.54) is 4.57 Å². The number of pyridine rings is 1. The zero-order valence-corrected chi connectivity index (χ0v) is 17.0. The van der Waals surface area contributed by atoms with E-state index in [9.17, 15) is 9.59 Å². The van der Waals surface area contributed by atoms with E-state index in [4.69, 9.17) is 4.74 Å². The molecule has 0 saturated heterocycles. The molecular weight excluding hydrogens is 368 g/mol. The van der Waals surface area contributed by atoms with Crippen molar-refractivity contribution in [2.24, 2.45) is 0 Å². The molecular formula is C22H24N4O3. The van der Waals surface area contributed by atoms with Gasteiger partial charge in [-0.1, -0.05) is 12.1 Å². The molecule has 29 heavy (non-hydrogen) atoms. The Morgan fingerprint density at radius 3 is 2.69 bits per heavy atom. The van der Waals surface area contributed by atoms with E-state index in [1.807, 2.05) is 19.1 Å². The van der Waals surface area contributed by atoms with Crippen LogP contribution in [0.15, 0.2) is 59.9 Å². The lowest BCUT2D eigenvalue weighted by Crippen LogP contribution is -2.40. The number of nitrogens with zero attached hydrogens (tertiary/aromatic N) is 4. The highest BCUT2D eigenvalue weighted by molar-refractivity contribution is 5.95. The SMILES string of the molecule is COc1ccccc1-n1ccc(C)c(C(=O)N(C)C(C)Cc2cnccn2)c1=O. The number of ether oxygens (including phenoxy) is 1. The topological polar surface area (TPSA) is 77.3 Å². The van der Waals surface area contributed by atoms with Gasteiger partial charge in [-0.05, 0) is 37.6 Å². The molecule has 1 aromatic carbocycles. The predicted octanol–water partition coefficient (Wildman–Crippen LogP) is 2.65. The summed E-state index contributed by atoms with van der Waals surface area (Å²) in [7, 11) is 3.24. The molecule has 7 nitrogen and oxygen atoms in total. The normalized spacial score (nSPS) is 11.7. The van der Waals surface area contributed by atoms with Crippen LogP contribution in [0.3, 0.4) is 0 Å². The molecule has 3 aromatic rings. The Labute approximate surface area is 169 Å². The Kier molecular flexibility index (Phi) is 6.07. The summed E-state index contributed by atoms with van der Waals surface area (Å²) in [5, 5.41) is 0. The number of carbonyl (C=O) groups is 1. The molecule has 0 fully saturated rings. The second-order valence-electron chi connectivity index (χ2n) is 6.89. The molecule has 0 bridgehead atoms. The summed E-state index contributed by atoms with van der Waals surface area (Å²) in [4.78, 5) is 36.3. The number of rotatable bonds is 6. The number of hydrogen-bond acceptors (Lipinski definition) is 5. The van der Waals surface area contributed by atoms with Gasteiger partial charge < -0.3 is 9.64 Å². The van der Waals surface area contributed by atoms with Crippen molar-refractivity contribution in [2.45, 2.75) is 26.3 Å². The van der Waals surface area contributed by atoms with Crippen molar-refractivity contribution in [3.8, 4) is 11.4 Å². The minimum atomic E-state index is -0.377. The molecule has 0 aliphatic carbocycles. The Bertz CT molecular complexity index is 1060. The van der Waals surface area contributed by atoms with Crippen LogP contribution < -0.4 is 10.3 Å². The molecule has 150 valence electrons. The lowest BCUT2D eigenvalue weighted by atomic mass is 10.1. The van der Waals surface area contributed by atoms with Crippen LogP contribution in [0.25, 0.3) is 5.69 Å². The molecule has 1 amide bonds. The summed E-state index contributed by atoms with van der Waals surface area (Å²) in [6, 6.07) is 8.82. The summed E-state index contributed by atoms with van der Waals surface area (Å²) in [5.41, 5.74) is 1.77. The molecule has 0 radical (unpaired) electrons. The summed E-state index contributed by atoms with van der Waals surface area (Å²) < 4.78 is 6.81. The quantitative estimate of drug-likeness (QED) is 0.645. The highest BCUT2D eigenvalue weighted by atomic mass is 16.5. The maximum absolute atomic E-state index is 13.2. The van der Waals surface area contributed by atoms with Crippen molar-refractivity contribution in [3.05, 3.63) is 82.3 Å². The first kappa shape index (κ1) is 20.3. The summed E-state index contributed by atoms with van der Waals surface area (Å²) in [6.45, 7) is 3.69. The van der Waals surface area contributed by atoms with E-state index in [2.05, 4.69) is 9.97 Å². The largest absolute Gasteiger partial charge is 0.495 e. The van der Waals surface area contributed by atoms with E-state index in [1.54, 1.807) is 69.0 Å². The van der Waals surface area contributed by atoms with Crippen LogP contribution in [-0.2, 0) is 6.42 Å². The van der Waals surface area contributed by atoms with Gasteiger partial charge in [0.25, 0.3) is 11.5 Å². The Hall–Kier alpha value is -3.48. The second kappa shape index (κ2) is 8.68. The van der Waals surface area contributed by atoms with E-state index >= 15 is 0 Å². The third-order valence-electron chi connectivity index (χ3n) is 4.96. The molecule has 1 atom stereocenters. The average Bonchev–Trinajstić information content (AvgIpc) is 2.74. The molecule has 2 heterocycles. The number of amides is 1. The van der Waals surface area contributed by atoms with Gasteiger partial charge in [-0.3, -0.25) is 24.1 Å². The number of methoxy groups -OCH3 is 1. The zero-order chi connectivity index (χ0) is 21.0. The fourth-order valence-corrected chi connectivity index (χ4v) is 3.16. The summed E-state index contributed by atoms with van der Waals surface area (Å²) in [5.74, 6) is 0.231. The van der Waals surface area contributed by atoms with Crippen molar-refractivity contribution in [1.82, 2.24) is 19.4 Å². The van der Waals surface area contributed by atoms with Crippen LogP contribution in [0.4, 0.5) is 0 Å². The molecule has 0 N–H and O–H groups in total. The molecule has 1 unspecified atom stereocenters. The van der Waals surface area contributed by atoms with Gasteiger partial charge in [0.05, 0.1) is 18.5 Å². The number of para-hydroxylation sites is 2. The minimum absolute atomic E-state index is 0.145. The first-order chi connectivity index (χ1) is 13.9. The van der Waals surface area contributed by atoms with Gasteiger partial charge in [0.2, 0.25) is 0 Å². The maximum atomic E-state index is 13.2. The van der Waals surface area contributed by atoms with Crippen LogP contribution in [0.1, 0.15) is 28.5 Å². The molecule has 0 spiro atoms. The fraction of sp³-hybridized carbons (Fsp3) is 0.273. The van der Waals surface area contributed by atoms with Crippen molar-refractivity contribution in [1.29, 1.82) is 0 Å². The molecule has 0 saturated carbocycles.